The van der Waals surface area contributed by atoms with Crippen molar-refractivity contribution in [1.29, 1.82) is 0 Å². The van der Waals surface area contributed by atoms with E-state index in [1.165, 1.54) is 0 Å². The lowest BCUT2D eigenvalue weighted by molar-refractivity contribution is 0.426. The topological polar surface area (TPSA) is 189 Å². The van der Waals surface area contributed by atoms with Crippen LogP contribution < -0.4 is 0 Å². The minimum absolute atomic E-state index is 0. The SMILES string of the molecule is C=C(F)F.O.O.O.O.O.O. The van der Waals surface area contributed by atoms with Gasteiger partial charge in [0, 0.05) is 0 Å². The molecule has 6 nitrogen and oxygen atoms in total. The van der Waals surface area contributed by atoms with Gasteiger partial charge in [0.05, 0.1) is 0 Å². The summed E-state index contributed by atoms with van der Waals surface area (Å²) in [6, 6.07) is 0. The first kappa shape index (κ1) is 117. The molecule has 0 radical (unpaired) electrons. The van der Waals surface area contributed by atoms with Gasteiger partial charge in [-0.15, -0.1) is 0 Å². The molecule has 0 aromatic carbocycles. The molecule has 12 N–H and O–H groups in total. The van der Waals surface area contributed by atoms with Gasteiger partial charge in [0.1, 0.15) is 0 Å². The zero-order valence-corrected chi connectivity index (χ0v) is 4.96. The van der Waals surface area contributed by atoms with Gasteiger partial charge in [-0.1, -0.05) is 0 Å². The van der Waals surface area contributed by atoms with Crippen LogP contribution in [0.25, 0.3) is 0 Å². The van der Waals surface area contributed by atoms with Crippen LogP contribution in [0.3, 0.4) is 0 Å². The number of rotatable bonds is 0. The second kappa shape index (κ2) is 81.3. The fraction of sp³-hybridized carbons (Fsp3) is 0. The molecular weight excluding hydrogens is 158 g/mol. The van der Waals surface area contributed by atoms with Crippen molar-refractivity contribution in [2.75, 3.05) is 0 Å². The molecule has 0 aliphatic heterocycles. The lowest BCUT2D eigenvalue weighted by atomic mass is 11.2. The summed E-state index contributed by atoms with van der Waals surface area (Å²) in [5.74, 6) is 0. The Labute approximate surface area is 55.6 Å². The van der Waals surface area contributed by atoms with Gasteiger partial charge in [-0.2, -0.15) is 8.78 Å². The van der Waals surface area contributed by atoms with Crippen molar-refractivity contribution >= 4 is 0 Å². The van der Waals surface area contributed by atoms with Crippen molar-refractivity contribution in [2.24, 2.45) is 0 Å². The molecule has 72 valence electrons. The van der Waals surface area contributed by atoms with E-state index in [0.29, 0.717) is 0 Å². The van der Waals surface area contributed by atoms with Crippen LogP contribution in [-0.4, -0.2) is 32.9 Å². The third kappa shape index (κ3) is 727. The highest BCUT2D eigenvalue weighted by Crippen LogP contribution is 1.85. The van der Waals surface area contributed by atoms with E-state index in [4.69, 9.17) is 0 Å². The third-order valence-electron chi connectivity index (χ3n) is 0. The van der Waals surface area contributed by atoms with Gasteiger partial charge in [0.25, 0.3) is 6.08 Å². The lowest BCUT2D eigenvalue weighted by Crippen LogP contribution is -1.33. The fourth-order valence-corrected chi connectivity index (χ4v) is 0. The maximum absolute atomic E-state index is 10.1. The van der Waals surface area contributed by atoms with E-state index >= 15 is 0 Å². The second-order valence-corrected chi connectivity index (χ2v) is 0.339. The monoisotopic (exact) mass is 172 g/mol. The summed E-state index contributed by atoms with van der Waals surface area (Å²) in [7, 11) is 0. The summed E-state index contributed by atoms with van der Waals surface area (Å²) in [5.41, 5.74) is 0. The Bertz CT molecular complexity index is 36.7. The first-order valence-electron chi connectivity index (χ1n) is 0.732. The summed E-state index contributed by atoms with van der Waals surface area (Å²) >= 11 is 0. The number of halogens is 2. The normalized spacial score (nSPS) is 2.60. The minimum Gasteiger partial charge on any atom is -0.412 e. The second-order valence-electron chi connectivity index (χ2n) is 0.339. The molecule has 0 amide bonds. The molecule has 0 aliphatic rings. The molecule has 0 aromatic heterocycles. The maximum Gasteiger partial charge on any atom is 0.263 e. The first-order valence-corrected chi connectivity index (χ1v) is 0.732. The minimum atomic E-state index is -1.83. The van der Waals surface area contributed by atoms with Crippen LogP contribution >= 0.6 is 0 Å². The Morgan fingerprint density at radius 2 is 0.700 bits per heavy atom. The highest BCUT2D eigenvalue weighted by molar-refractivity contribution is 4.57. The van der Waals surface area contributed by atoms with Crippen molar-refractivity contribution in [3.63, 3.8) is 0 Å². The standard InChI is InChI=1S/C2H2F2.6H2O/c1-2(3)4;;;;;;/h1H2;6*1H2. The molecular formula is C2H14F2O6. The maximum atomic E-state index is 10.1. The highest BCUT2D eigenvalue weighted by Gasteiger charge is 1.65. The summed E-state index contributed by atoms with van der Waals surface area (Å²) in [4.78, 5) is 0. The van der Waals surface area contributed by atoms with Gasteiger partial charge in [-0.25, -0.2) is 0 Å². The molecule has 0 fully saturated rings. The van der Waals surface area contributed by atoms with Crippen molar-refractivity contribution in [1.82, 2.24) is 0 Å². The molecule has 0 saturated carbocycles. The molecule has 0 atom stereocenters. The number of hydrogen-bond donors (Lipinski definition) is 0. The molecule has 0 bridgehead atoms. The van der Waals surface area contributed by atoms with Crippen LogP contribution in [0.15, 0.2) is 12.7 Å². The Kier molecular flexibility index (Phi) is 955. The zero-order chi connectivity index (χ0) is 3.58. The predicted molar refractivity (Wildman–Crippen MR) is 33.0 cm³/mol. The quantitative estimate of drug-likeness (QED) is 0.349. The Morgan fingerprint density at radius 3 is 0.700 bits per heavy atom. The van der Waals surface area contributed by atoms with Crippen LogP contribution in [0.4, 0.5) is 8.78 Å². The summed E-state index contributed by atoms with van der Waals surface area (Å²) in [6.45, 7) is 2.22. The molecule has 0 saturated heterocycles. The number of hydrogen-bond acceptors (Lipinski definition) is 0. The highest BCUT2D eigenvalue weighted by atomic mass is 19.3. The van der Waals surface area contributed by atoms with Crippen LogP contribution in [0.1, 0.15) is 0 Å². The van der Waals surface area contributed by atoms with E-state index in [1.54, 1.807) is 0 Å². The Hall–Kier alpha value is -0.640. The predicted octanol–water partition coefficient (Wildman–Crippen LogP) is -3.55. The van der Waals surface area contributed by atoms with E-state index in [2.05, 4.69) is 6.58 Å². The van der Waals surface area contributed by atoms with Gasteiger partial charge < -0.3 is 32.9 Å². The van der Waals surface area contributed by atoms with Crippen LogP contribution in [0.2, 0.25) is 0 Å². The summed E-state index contributed by atoms with van der Waals surface area (Å²) in [5, 5.41) is 0. The average molecular weight is 172 g/mol. The van der Waals surface area contributed by atoms with Gasteiger partial charge in [-0.3, -0.25) is 0 Å². The molecule has 0 rings (SSSR count). The summed E-state index contributed by atoms with van der Waals surface area (Å²) < 4.78 is 20.3. The van der Waals surface area contributed by atoms with Crippen molar-refractivity contribution in [3.8, 4) is 0 Å². The summed E-state index contributed by atoms with van der Waals surface area (Å²) in [6.07, 6.45) is -1.83. The largest absolute Gasteiger partial charge is 0.412 e. The Balaban J connectivity index is -0.00000000300. The third-order valence-corrected chi connectivity index (χ3v) is 0. The van der Waals surface area contributed by atoms with Crippen LogP contribution in [-0.2, 0) is 0 Å². The first-order chi connectivity index (χ1) is 1.73. The van der Waals surface area contributed by atoms with Crippen molar-refractivity contribution in [3.05, 3.63) is 12.7 Å². The van der Waals surface area contributed by atoms with Gasteiger partial charge >= 0.3 is 0 Å². The lowest BCUT2D eigenvalue weighted by Gasteiger charge is -1.54. The van der Waals surface area contributed by atoms with Gasteiger partial charge in [0.15, 0.2) is 0 Å². The molecule has 0 unspecified atom stereocenters. The van der Waals surface area contributed by atoms with Gasteiger partial charge in [-0.05, 0) is 6.58 Å². The molecule has 8 heteroatoms. The average Bonchev–Trinajstić information content (AvgIpc) is 0.811. The zero-order valence-electron chi connectivity index (χ0n) is 4.96. The fourth-order valence-electron chi connectivity index (χ4n) is 0. The molecule has 10 heavy (non-hydrogen) atoms. The molecule has 0 aromatic rings. The van der Waals surface area contributed by atoms with E-state index in [-0.39, 0.29) is 32.9 Å². The smallest absolute Gasteiger partial charge is 0.263 e. The molecule has 0 spiro atoms. The van der Waals surface area contributed by atoms with E-state index in [1.807, 2.05) is 0 Å². The van der Waals surface area contributed by atoms with E-state index in [0.717, 1.165) is 0 Å². The van der Waals surface area contributed by atoms with Crippen LogP contribution in [0.5, 0.6) is 0 Å². The van der Waals surface area contributed by atoms with Crippen LogP contribution in [0, 0.1) is 0 Å². The van der Waals surface area contributed by atoms with Crippen molar-refractivity contribution in [2.45, 2.75) is 0 Å². The van der Waals surface area contributed by atoms with Gasteiger partial charge in [0.2, 0.25) is 0 Å². The van der Waals surface area contributed by atoms with E-state index < -0.39 is 6.08 Å². The molecule has 0 aliphatic carbocycles. The molecule has 0 heterocycles. The Morgan fingerprint density at radius 1 is 0.700 bits per heavy atom. The van der Waals surface area contributed by atoms with E-state index in [9.17, 15) is 8.78 Å². The van der Waals surface area contributed by atoms with Crippen molar-refractivity contribution < 1.29 is 41.6 Å².